The Hall–Kier alpha value is -1.11. The molecule has 0 aliphatic heterocycles. The van der Waals surface area contributed by atoms with Gasteiger partial charge in [0.2, 0.25) is 0 Å². The summed E-state index contributed by atoms with van der Waals surface area (Å²) in [4.78, 5) is 22.5. The van der Waals surface area contributed by atoms with Crippen LogP contribution < -0.4 is 5.32 Å². The first-order valence-electron chi connectivity index (χ1n) is 5.67. The van der Waals surface area contributed by atoms with E-state index in [4.69, 9.17) is 5.11 Å². The van der Waals surface area contributed by atoms with Gasteiger partial charge in [-0.05, 0) is 47.1 Å². The lowest BCUT2D eigenvalue weighted by Crippen LogP contribution is -2.29. The van der Waals surface area contributed by atoms with Crippen LogP contribution in [0, 0.1) is 16.4 Å². The minimum atomic E-state index is -0.845. The summed E-state index contributed by atoms with van der Waals surface area (Å²) in [6, 6.07) is 5.56. The number of carbonyl (C=O) groups excluding carboxylic acids is 1. The van der Waals surface area contributed by atoms with Crippen molar-refractivity contribution in [2.24, 2.45) is 5.92 Å². The van der Waals surface area contributed by atoms with Crippen LogP contribution in [0.5, 0.6) is 0 Å². The smallest absolute Gasteiger partial charge is 0.303 e. The third-order valence-electron chi connectivity index (χ3n) is 2.57. The topological polar surface area (TPSA) is 66.4 Å². The van der Waals surface area contributed by atoms with Crippen LogP contribution in [0.3, 0.4) is 0 Å². The summed E-state index contributed by atoms with van der Waals surface area (Å²) < 4.78 is 0.929. The molecule has 0 fully saturated rings. The number of nitrogens with one attached hydrogen (secondary N) is 1. The number of carbonyl (C=O) groups is 2. The van der Waals surface area contributed by atoms with Gasteiger partial charge in [0, 0.05) is 16.5 Å². The highest BCUT2D eigenvalue weighted by molar-refractivity contribution is 14.1. The van der Waals surface area contributed by atoms with E-state index in [1.165, 1.54) is 0 Å². The predicted octanol–water partition coefficient (Wildman–Crippen LogP) is 2.44. The van der Waals surface area contributed by atoms with Crippen molar-refractivity contribution in [1.29, 1.82) is 0 Å². The van der Waals surface area contributed by atoms with Crippen molar-refractivity contribution in [2.75, 3.05) is 6.54 Å². The van der Waals surface area contributed by atoms with Gasteiger partial charge in [0.1, 0.15) is 0 Å². The quantitative estimate of drug-likeness (QED) is 0.792. The van der Waals surface area contributed by atoms with Crippen LogP contribution in [0.1, 0.15) is 29.3 Å². The number of carboxylic acids is 1. The van der Waals surface area contributed by atoms with Crippen LogP contribution >= 0.6 is 22.6 Å². The molecular weight excluding hydrogens is 345 g/mol. The minimum Gasteiger partial charge on any atom is -0.481 e. The maximum atomic E-state index is 11.9. The van der Waals surface area contributed by atoms with Gasteiger partial charge in [-0.1, -0.05) is 19.1 Å². The van der Waals surface area contributed by atoms with Gasteiger partial charge in [-0.25, -0.2) is 0 Å². The Bertz CT molecular complexity index is 460. The summed E-state index contributed by atoms with van der Waals surface area (Å²) >= 11 is 2.14. The second-order valence-electron chi connectivity index (χ2n) is 4.35. The summed E-state index contributed by atoms with van der Waals surface area (Å²) in [6.45, 7) is 4.12. The van der Waals surface area contributed by atoms with E-state index < -0.39 is 5.97 Å². The van der Waals surface area contributed by atoms with Gasteiger partial charge >= 0.3 is 5.97 Å². The van der Waals surface area contributed by atoms with E-state index in [1.54, 1.807) is 13.0 Å². The second kappa shape index (κ2) is 6.72. The van der Waals surface area contributed by atoms with Gasteiger partial charge in [-0.15, -0.1) is 0 Å². The Morgan fingerprint density at radius 1 is 1.44 bits per heavy atom. The van der Waals surface area contributed by atoms with E-state index >= 15 is 0 Å². The Morgan fingerprint density at radius 3 is 2.72 bits per heavy atom. The number of benzene rings is 1. The van der Waals surface area contributed by atoms with Crippen molar-refractivity contribution in [3.63, 3.8) is 0 Å². The van der Waals surface area contributed by atoms with Gasteiger partial charge in [-0.3, -0.25) is 9.59 Å². The summed E-state index contributed by atoms with van der Waals surface area (Å²) in [6.07, 6.45) is 0.0607. The van der Waals surface area contributed by atoms with Crippen LogP contribution in [-0.4, -0.2) is 23.5 Å². The molecule has 1 atom stereocenters. The van der Waals surface area contributed by atoms with E-state index in [-0.39, 0.29) is 18.2 Å². The van der Waals surface area contributed by atoms with Crippen LogP contribution in [0.4, 0.5) is 0 Å². The molecule has 1 unspecified atom stereocenters. The van der Waals surface area contributed by atoms with Gasteiger partial charge in [0.05, 0.1) is 5.56 Å². The number of aryl methyl sites for hydroxylation is 1. The van der Waals surface area contributed by atoms with E-state index in [0.29, 0.717) is 12.1 Å². The maximum Gasteiger partial charge on any atom is 0.303 e. The Balaban J connectivity index is 2.61. The SMILES string of the molecule is Cc1cccc(C(=O)NCC(C)CC(=O)O)c1I. The fraction of sp³-hybridized carbons (Fsp3) is 0.385. The first kappa shape index (κ1) is 14.9. The van der Waals surface area contributed by atoms with Crippen molar-refractivity contribution in [2.45, 2.75) is 20.3 Å². The summed E-state index contributed by atoms with van der Waals surface area (Å²) in [5, 5.41) is 11.4. The number of halogens is 1. The molecule has 0 spiro atoms. The standard InChI is InChI=1S/C13H16INO3/c1-8(6-11(16)17)7-15-13(18)10-5-3-4-9(2)12(10)14/h3-5,8H,6-7H2,1-2H3,(H,15,18)(H,16,17). The molecule has 1 amide bonds. The second-order valence-corrected chi connectivity index (χ2v) is 5.43. The summed E-state index contributed by atoms with van der Waals surface area (Å²) in [7, 11) is 0. The lowest BCUT2D eigenvalue weighted by atomic mass is 10.1. The zero-order chi connectivity index (χ0) is 13.7. The molecule has 1 rings (SSSR count). The molecule has 98 valence electrons. The molecule has 4 nitrogen and oxygen atoms in total. The zero-order valence-corrected chi connectivity index (χ0v) is 12.5. The fourth-order valence-electron chi connectivity index (χ4n) is 1.56. The van der Waals surface area contributed by atoms with Crippen LogP contribution in [0.25, 0.3) is 0 Å². The molecule has 2 N–H and O–H groups in total. The molecule has 0 aliphatic carbocycles. The molecule has 5 heteroatoms. The van der Waals surface area contributed by atoms with Crippen LogP contribution in [0.2, 0.25) is 0 Å². The molecule has 0 aromatic heterocycles. The zero-order valence-electron chi connectivity index (χ0n) is 10.4. The van der Waals surface area contributed by atoms with Gasteiger partial charge < -0.3 is 10.4 Å². The number of amides is 1. The van der Waals surface area contributed by atoms with Gasteiger partial charge in [-0.2, -0.15) is 0 Å². The van der Waals surface area contributed by atoms with Crippen molar-refractivity contribution in [3.05, 3.63) is 32.9 Å². The number of hydrogen-bond donors (Lipinski definition) is 2. The van der Waals surface area contributed by atoms with Crippen molar-refractivity contribution in [1.82, 2.24) is 5.32 Å². The summed E-state index contributed by atoms with van der Waals surface area (Å²) in [5.74, 6) is -1.07. The molecule has 0 bridgehead atoms. The predicted molar refractivity (Wildman–Crippen MR) is 77.6 cm³/mol. The molecule has 0 heterocycles. The molecule has 1 aromatic carbocycles. The highest BCUT2D eigenvalue weighted by atomic mass is 127. The Morgan fingerprint density at radius 2 is 2.11 bits per heavy atom. The van der Waals surface area contributed by atoms with Gasteiger partial charge in [0.15, 0.2) is 0 Å². The van der Waals surface area contributed by atoms with E-state index in [0.717, 1.165) is 9.13 Å². The molecule has 0 aliphatic rings. The number of aliphatic carboxylic acids is 1. The minimum absolute atomic E-state index is 0.0607. The fourth-order valence-corrected chi connectivity index (χ4v) is 2.16. The molecular formula is C13H16INO3. The number of rotatable bonds is 5. The van der Waals surface area contributed by atoms with Crippen LogP contribution in [-0.2, 0) is 4.79 Å². The van der Waals surface area contributed by atoms with E-state index in [1.807, 2.05) is 19.1 Å². The number of carboxylic acid groups (broad SMARTS) is 1. The lowest BCUT2D eigenvalue weighted by Gasteiger charge is -2.12. The molecule has 18 heavy (non-hydrogen) atoms. The molecule has 0 saturated heterocycles. The number of hydrogen-bond acceptors (Lipinski definition) is 2. The Kier molecular flexibility index (Phi) is 5.58. The average molecular weight is 361 g/mol. The molecule has 1 aromatic rings. The highest BCUT2D eigenvalue weighted by Crippen LogP contribution is 2.16. The lowest BCUT2D eigenvalue weighted by molar-refractivity contribution is -0.137. The van der Waals surface area contributed by atoms with E-state index in [2.05, 4.69) is 27.9 Å². The third kappa shape index (κ3) is 4.29. The molecule has 0 saturated carbocycles. The summed E-state index contributed by atoms with van der Waals surface area (Å²) in [5.41, 5.74) is 1.69. The first-order valence-corrected chi connectivity index (χ1v) is 6.74. The normalized spacial score (nSPS) is 11.9. The highest BCUT2D eigenvalue weighted by Gasteiger charge is 2.13. The average Bonchev–Trinajstić information content (AvgIpc) is 2.29. The van der Waals surface area contributed by atoms with Crippen LogP contribution in [0.15, 0.2) is 18.2 Å². The van der Waals surface area contributed by atoms with Crippen molar-refractivity contribution < 1.29 is 14.7 Å². The Labute approximate surface area is 120 Å². The molecule has 0 radical (unpaired) electrons. The van der Waals surface area contributed by atoms with Crippen molar-refractivity contribution >= 4 is 34.5 Å². The van der Waals surface area contributed by atoms with Crippen molar-refractivity contribution in [3.8, 4) is 0 Å². The monoisotopic (exact) mass is 361 g/mol. The van der Waals surface area contributed by atoms with Gasteiger partial charge in [0.25, 0.3) is 5.91 Å². The van der Waals surface area contributed by atoms with E-state index in [9.17, 15) is 9.59 Å². The largest absolute Gasteiger partial charge is 0.481 e. The third-order valence-corrected chi connectivity index (χ3v) is 4.00. The maximum absolute atomic E-state index is 11.9. The first-order chi connectivity index (χ1) is 8.41.